The van der Waals surface area contributed by atoms with E-state index in [4.69, 9.17) is 4.74 Å². The van der Waals surface area contributed by atoms with Gasteiger partial charge in [0.15, 0.2) is 5.01 Å². The smallest absolute Gasteiger partial charge is 0.268 e. The number of methoxy groups -OCH3 is 1. The maximum atomic E-state index is 14.0. The molecule has 0 spiro atoms. The molecule has 0 fully saturated rings. The molecular weight excluding hydrogens is 429 g/mol. The van der Waals surface area contributed by atoms with Crippen LogP contribution in [-0.4, -0.2) is 27.8 Å². The van der Waals surface area contributed by atoms with Crippen LogP contribution in [-0.2, 0) is 4.79 Å². The highest BCUT2D eigenvalue weighted by Crippen LogP contribution is 2.28. The van der Waals surface area contributed by atoms with Gasteiger partial charge in [-0.15, -0.1) is 10.2 Å². The van der Waals surface area contributed by atoms with E-state index in [2.05, 4.69) is 15.5 Å². The zero-order valence-electron chi connectivity index (χ0n) is 16.8. The molecule has 0 radical (unpaired) electrons. The molecule has 0 aliphatic carbocycles. The SMILES string of the molecule is COc1ccc(-n2cccc2/C=C(/C#N)C(=O)Nc2nnc(-c3ccccc3F)s2)cc1. The quantitative estimate of drug-likeness (QED) is 0.343. The number of amides is 1. The first-order chi connectivity index (χ1) is 15.6. The van der Waals surface area contributed by atoms with Crippen LogP contribution in [0, 0.1) is 17.1 Å². The summed E-state index contributed by atoms with van der Waals surface area (Å²) in [5.74, 6) is -0.341. The van der Waals surface area contributed by atoms with Crippen LogP contribution in [0.3, 0.4) is 0 Å². The van der Waals surface area contributed by atoms with Crippen molar-refractivity contribution in [2.24, 2.45) is 0 Å². The van der Waals surface area contributed by atoms with Crippen molar-refractivity contribution in [1.82, 2.24) is 14.8 Å². The summed E-state index contributed by atoms with van der Waals surface area (Å²) in [6.45, 7) is 0. The predicted molar refractivity (Wildman–Crippen MR) is 120 cm³/mol. The summed E-state index contributed by atoms with van der Waals surface area (Å²) in [6.07, 6.45) is 3.31. The van der Waals surface area contributed by atoms with Gasteiger partial charge in [0, 0.05) is 23.1 Å². The summed E-state index contributed by atoms with van der Waals surface area (Å²) < 4.78 is 21.0. The van der Waals surface area contributed by atoms with Gasteiger partial charge in [0.25, 0.3) is 5.91 Å². The molecule has 0 aliphatic heterocycles. The van der Waals surface area contributed by atoms with Gasteiger partial charge in [-0.25, -0.2) is 4.39 Å². The van der Waals surface area contributed by atoms with Crippen LogP contribution >= 0.6 is 11.3 Å². The number of benzene rings is 2. The number of nitrogens with one attached hydrogen (secondary N) is 1. The van der Waals surface area contributed by atoms with Crippen LogP contribution in [0.5, 0.6) is 5.75 Å². The van der Waals surface area contributed by atoms with Crippen molar-refractivity contribution in [2.45, 2.75) is 0 Å². The van der Waals surface area contributed by atoms with Gasteiger partial charge in [0.2, 0.25) is 5.13 Å². The summed E-state index contributed by atoms with van der Waals surface area (Å²) in [5.41, 5.74) is 1.67. The number of carbonyl (C=O) groups is 1. The Morgan fingerprint density at radius 2 is 1.94 bits per heavy atom. The number of halogens is 1. The number of hydrogen-bond acceptors (Lipinski definition) is 6. The van der Waals surface area contributed by atoms with Crippen LogP contribution in [0.15, 0.2) is 72.4 Å². The lowest BCUT2D eigenvalue weighted by molar-refractivity contribution is -0.112. The Morgan fingerprint density at radius 1 is 1.16 bits per heavy atom. The molecule has 2 heterocycles. The number of nitrogens with zero attached hydrogens (tertiary/aromatic N) is 4. The fraction of sp³-hybridized carbons (Fsp3) is 0.0435. The molecule has 1 N–H and O–H groups in total. The molecule has 0 saturated carbocycles. The average molecular weight is 445 g/mol. The third kappa shape index (κ3) is 4.40. The Balaban J connectivity index is 1.55. The Morgan fingerprint density at radius 3 is 2.66 bits per heavy atom. The van der Waals surface area contributed by atoms with Crippen molar-refractivity contribution >= 4 is 28.5 Å². The van der Waals surface area contributed by atoms with E-state index in [1.165, 1.54) is 12.1 Å². The molecule has 1 amide bonds. The van der Waals surface area contributed by atoms with Crippen LogP contribution in [0.2, 0.25) is 0 Å². The lowest BCUT2D eigenvalue weighted by Crippen LogP contribution is -2.13. The topological polar surface area (TPSA) is 92.8 Å². The van der Waals surface area contributed by atoms with E-state index >= 15 is 0 Å². The average Bonchev–Trinajstić information content (AvgIpc) is 3.47. The molecule has 9 heteroatoms. The van der Waals surface area contributed by atoms with Crippen LogP contribution in [0.25, 0.3) is 22.3 Å². The normalized spacial score (nSPS) is 11.1. The number of carbonyl (C=O) groups excluding carboxylic acids is 1. The van der Waals surface area contributed by atoms with Crippen molar-refractivity contribution < 1.29 is 13.9 Å². The number of rotatable bonds is 6. The largest absolute Gasteiger partial charge is 0.497 e. The highest BCUT2D eigenvalue weighted by Gasteiger charge is 2.16. The van der Waals surface area contributed by atoms with Crippen LogP contribution in [0.4, 0.5) is 9.52 Å². The van der Waals surface area contributed by atoms with Gasteiger partial charge in [-0.3, -0.25) is 10.1 Å². The predicted octanol–water partition coefficient (Wildman–Crippen LogP) is 4.69. The monoisotopic (exact) mass is 445 g/mol. The summed E-state index contributed by atoms with van der Waals surface area (Å²) >= 11 is 1.02. The standard InChI is InChI=1S/C23H16FN5O2S/c1-31-18-10-8-16(9-11-18)29-12-4-5-17(29)13-15(14-25)21(30)26-23-28-27-22(32-23)19-6-2-3-7-20(19)24/h2-13H,1H3,(H,26,28,30)/b15-13-. The Bertz CT molecular complexity index is 1330. The number of nitriles is 1. The first-order valence-corrected chi connectivity index (χ1v) is 10.2. The van der Waals surface area contributed by atoms with Gasteiger partial charge in [-0.2, -0.15) is 5.26 Å². The van der Waals surface area contributed by atoms with Gasteiger partial charge in [0.05, 0.1) is 7.11 Å². The molecule has 2 aromatic heterocycles. The van der Waals surface area contributed by atoms with E-state index in [0.29, 0.717) is 16.3 Å². The van der Waals surface area contributed by atoms with Crippen molar-refractivity contribution in [3.05, 3.63) is 83.9 Å². The summed E-state index contributed by atoms with van der Waals surface area (Å²) in [6, 6.07) is 19.1. The lowest BCUT2D eigenvalue weighted by Gasteiger charge is -2.08. The van der Waals surface area contributed by atoms with Gasteiger partial charge < -0.3 is 9.30 Å². The fourth-order valence-corrected chi connectivity index (χ4v) is 3.73. The Kier molecular flexibility index (Phi) is 6.05. The molecule has 0 saturated heterocycles. The van der Waals surface area contributed by atoms with Crippen molar-refractivity contribution in [2.75, 3.05) is 12.4 Å². The minimum absolute atomic E-state index is 0.110. The summed E-state index contributed by atoms with van der Waals surface area (Å²) in [4.78, 5) is 12.7. The molecule has 2 aromatic carbocycles. The number of ether oxygens (including phenoxy) is 1. The van der Waals surface area contributed by atoms with E-state index in [9.17, 15) is 14.4 Å². The molecule has 0 aliphatic rings. The zero-order valence-corrected chi connectivity index (χ0v) is 17.6. The van der Waals surface area contributed by atoms with Gasteiger partial charge >= 0.3 is 0 Å². The van der Waals surface area contributed by atoms with Crippen LogP contribution < -0.4 is 10.1 Å². The molecular formula is C23H16FN5O2S. The molecule has 4 aromatic rings. The molecule has 32 heavy (non-hydrogen) atoms. The van der Waals surface area contributed by atoms with Crippen LogP contribution in [0.1, 0.15) is 5.69 Å². The Labute approximate surface area is 187 Å². The first-order valence-electron chi connectivity index (χ1n) is 9.42. The van der Waals surface area contributed by atoms with E-state index in [1.54, 1.807) is 31.4 Å². The highest BCUT2D eigenvalue weighted by molar-refractivity contribution is 7.18. The molecule has 158 valence electrons. The molecule has 7 nitrogen and oxygen atoms in total. The Hall–Kier alpha value is -4.29. The van der Waals surface area contributed by atoms with E-state index in [1.807, 2.05) is 47.2 Å². The molecule has 0 bridgehead atoms. The molecule has 0 unspecified atom stereocenters. The van der Waals surface area contributed by atoms with Crippen molar-refractivity contribution in [1.29, 1.82) is 5.26 Å². The number of anilines is 1. The minimum atomic E-state index is -0.633. The zero-order chi connectivity index (χ0) is 22.5. The van der Waals surface area contributed by atoms with Gasteiger partial charge in [0.1, 0.15) is 23.2 Å². The minimum Gasteiger partial charge on any atom is -0.497 e. The molecule has 0 atom stereocenters. The van der Waals surface area contributed by atoms with Crippen molar-refractivity contribution in [3.8, 4) is 28.1 Å². The molecule has 4 rings (SSSR count). The fourth-order valence-electron chi connectivity index (χ4n) is 2.97. The second kappa shape index (κ2) is 9.24. The maximum absolute atomic E-state index is 14.0. The van der Waals surface area contributed by atoms with Gasteiger partial charge in [-0.1, -0.05) is 23.5 Å². The van der Waals surface area contributed by atoms with E-state index in [0.717, 1.165) is 22.8 Å². The van der Waals surface area contributed by atoms with Crippen molar-refractivity contribution in [3.63, 3.8) is 0 Å². The van der Waals surface area contributed by atoms with E-state index < -0.39 is 11.7 Å². The first kappa shape index (κ1) is 21.0. The number of aromatic nitrogens is 3. The second-order valence-electron chi connectivity index (χ2n) is 6.52. The van der Waals surface area contributed by atoms with Gasteiger partial charge in [-0.05, 0) is 54.6 Å². The van der Waals surface area contributed by atoms with E-state index in [-0.39, 0.29) is 10.7 Å². The third-order valence-corrected chi connectivity index (χ3v) is 5.41. The second-order valence-corrected chi connectivity index (χ2v) is 7.49. The maximum Gasteiger partial charge on any atom is 0.268 e. The third-order valence-electron chi connectivity index (χ3n) is 4.54. The number of hydrogen-bond donors (Lipinski definition) is 1. The highest BCUT2D eigenvalue weighted by atomic mass is 32.1. The lowest BCUT2D eigenvalue weighted by atomic mass is 10.2. The summed E-state index contributed by atoms with van der Waals surface area (Å²) in [7, 11) is 1.59. The summed E-state index contributed by atoms with van der Waals surface area (Å²) in [5, 5.41) is 20.4.